The summed E-state index contributed by atoms with van der Waals surface area (Å²) in [6.45, 7) is 4.00. The molecule has 0 bridgehead atoms. The van der Waals surface area contributed by atoms with E-state index in [1.807, 2.05) is 13.8 Å². The number of halogens is 1. The second-order valence-electron chi connectivity index (χ2n) is 0.641. The fourth-order valence-electron chi connectivity index (χ4n) is 0.111. The van der Waals surface area contributed by atoms with Gasteiger partial charge in [0.2, 0.25) is 0 Å². The number of hydrogen-bond acceptors (Lipinski definition) is 0. The van der Waals surface area contributed by atoms with Gasteiger partial charge in [0.15, 0.2) is 0 Å². The molecule has 40 valence electrons. The standard InChI is InChI=1S/2C2H4.ClH.Rh/c2*1-2;;/h2*1H,2H3;1H;/q;;;+1/p-1. The molecule has 0 N–H and O–H groups in total. The zero-order chi connectivity index (χ0) is 4.99. The van der Waals surface area contributed by atoms with Gasteiger partial charge in [0.1, 0.15) is 0 Å². The third kappa shape index (κ3) is 2.87. The van der Waals surface area contributed by atoms with E-state index >= 15 is 0 Å². The molecule has 6 heavy (non-hydrogen) atoms. The molecule has 0 aromatic heterocycles. The van der Waals surface area contributed by atoms with Gasteiger partial charge in [0, 0.05) is 0 Å². The average molecular weight is 194 g/mol. The van der Waals surface area contributed by atoms with E-state index < -0.39 is 14.1 Å². The van der Waals surface area contributed by atoms with Crippen molar-refractivity contribution in [2.45, 2.75) is 13.8 Å². The zero-order valence-corrected chi connectivity index (χ0v) is 6.26. The number of hydrogen-bond donors (Lipinski definition) is 0. The molecule has 0 aliphatic rings. The van der Waals surface area contributed by atoms with Gasteiger partial charge in [-0.15, -0.1) is 0 Å². The van der Waals surface area contributed by atoms with Crippen LogP contribution in [0.5, 0.6) is 0 Å². The molecule has 0 unspecified atom stereocenters. The summed E-state index contributed by atoms with van der Waals surface area (Å²) >= 11 is -0.868. The molecule has 2 heteroatoms. The topological polar surface area (TPSA) is 0 Å². The van der Waals surface area contributed by atoms with E-state index in [1.54, 1.807) is 0 Å². The van der Waals surface area contributed by atoms with Crippen molar-refractivity contribution in [2.24, 2.45) is 0 Å². The second kappa shape index (κ2) is 3.83. The third-order valence-corrected chi connectivity index (χ3v) is 3.90. The summed E-state index contributed by atoms with van der Waals surface area (Å²) in [5, 5.41) is 0. The first kappa shape index (κ1) is 6.65. The Balaban J connectivity index is 3.86. The van der Waals surface area contributed by atoms with Gasteiger partial charge in [-0.2, -0.15) is 0 Å². The van der Waals surface area contributed by atoms with Gasteiger partial charge in [0.25, 0.3) is 0 Å². The van der Waals surface area contributed by atoms with Gasteiger partial charge in [0.05, 0.1) is 0 Å². The summed E-state index contributed by atoms with van der Waals surface area (Å²) < 4.78 is 4.12. The molecule has 0 nitrogen and oxygen atoms in total. The molecule has 0 rings (SSSR count). The van der Waals surface area contributed by atoms with E-state index in [1.165, 1.54) is 0 Å². The van der Waals surface area contributed by atoms with Crippen LogP contribution in [0.2, 0.25) is 0 Å². The van der Waals surface area contributed by atoms with Crippen LogP contribution in [0.25, 0.3) is 0 Å². The molecule has 0 aliphatic heterocycles. The molecule has 0 aromatic carbocycles. The summed E-state index contributed by atoms with van der Waals surface area (Å²) in [6.07, 6.45) is 0. The molecule has 0 heterocycles. The predicted octanol–water partition coefficient (Wildman–Crippen LogP) is 1.40. The van der Waals surface area contributed by atoms with Gasteiger partial charge in [-0.1, -0.05) is 0 Å². The monoisotopic (exact) mass is 194 g/mol. The Morgan fingerprint density at radius 1 is 1.33 bits per heavy atom. The molecule has 0 amide bonds. The summed E-state index contributed by atoms with van der Waals surface area (Å²) in [5.41, 5.74) is 0. The van der Waals surface area contributed by atoms with Crippen molar-refractivity contribution in [1.82, 2.24) is 0 Å². The third-order valence-electron chi connectivity index (χ3n) is 0.368. The molecule has 0 saturated heterocycles. The van der Waals surface area contributed by atoms with Crippen LogP contribution in [-0.2, 0) is 14.1 Å². The van der Waals surface area contributed by atoms with Crippen LogP contribution in [0.3, 0.4) is 0 Å². The molecule has 0 spiro atoms. The minimum absolute atomic E-state index is 0.868. The van der Waals surface area contributed by atoms with Crippen LogP contribution < -0.4 is 0 Å². The molecule has 0 fully saturated rings. The van der Waals surface area contributed by atoms with Gasteiger partial charge < -0.3 is 0 Å². The van der Waals surface area contributed by atoms with Crippen LogP contribution in [0.4, 0.5) is 0 Å². The molecular formula is C4H8ClRh. The molecular weight excluding hydrogens is 186 g/mol. The van der Waals surface area contributed by atoms with Crippen LogP contribution in [0.15, 0.2) is 0 Å². The Bertz CT molecular complexity index is 88.1. The Hall–Kier alpha value is 0.653. The zero-order valence-electron chi connectivity index (χ0n) is 3.87. The predicted molar refractivity (Wildman–Crippen MR) is 29.3 cm³/mol. The van der Waals surface area contributed by atoms with E-state index in [4.69, 9.17) is 9.69 Å². The molecule has 0 radical (unpaired) electrons. The normalized spacial score (nSPS) is 18.8. The maximum absolute atomic E-state index is 5.67. The van der Waals surface area contributed by atoms with E-state index in [9.17, 15) is 0 Å². The van der Waals surface area contributed by atoms with Crippen LogP contribution >= 0.6 is 9.69 Å². The Labute approximate surface area is 47.1 Å². The SMILES string of the molecule is C/[CH]=[Rh](\[Cl])=[CH]/C. The van der Waals surface area contributed by atoms with Crippen molar-refractivity contribution in [3.8, 4) is 0 Å². The van der Waals surface area contributed by atoms with Crippen molar-refractivity contribution in [2.75, 3.05) is 0 Å². The molecule has 0 saturated carbocycles. The van der Waals surface area contributed by atoms with E-state index in [-0.39, 0.29) is 0 Å². The fraction of sp³-hybridized carbons (Fsp3) is 0.500. The van der Waals surface area contributed by atoms with E-state index in [0.29, 0.717) is 0 Å². The molecule has 0 aliphatic carbocycles. The van der Waals surface area contributed by atoms with E-state index in [2.05, 4.69) is 9.22 Å². The summed E-state index contributed by atoms with van der Waals surface area (Å²) in [7, 11) is 5.67. The summed E-state index contributed by atoms with van der Waals surface area (Å²) in [6, 6.07) is 0. The Morgan fingerprint density at radius 3 is 1.67 bits per heavy atom. The van der Waals surface area contributed by atoms with Crippen LogP contribution in [0, 0.1) is 0 Å². The van der Waals surface area contributed by atoms with Crippen LogP contribution in [-0.4, -0.2) is 9.22 Å². The fourth-order valence-corrected chi connectivity index (χ4v) is 0.657. The second-order valence-corrected chi connectivity index (χ2v) is 5.52. The van der Waals surface area contributed by atoms with Gasteiger partial charge in [-0.3, -0.25) is 0 Å². The van der Waals surface area contributed by atoms with Crippen molar-refractivity contribution in [1.29, 1.82) is 0 Å². The Morgan fingerprint density at radius 2 is 1.67 bits per heavy atom. The van der Waals surface area contributed by atoms with Crippen molar-refractivity contribution in [3.63, 3.8) is 0 Å². The first-order valence-electron chi connectivity index (χ1n) is 1.67. The quantitative estimate of drug-likeness (QED) is 0.512. The van der Waals surface area contributed by atoms with Gasteiger partial charge in [-0.05, 0) is 0 Å². The molecule has 0 atom stereocenters. The van der Waals surface area contributed by atoms with Gasteiger partial charge in [-0.25, -0.2) is 0 Å². The van der Waals surface area contributed by atoms with Crippen molar-refractivity contribution < 1.29 is 14.1 Å². The van der Waals surface area contributed by atoms with Crippen molar-refractivity contribution in [3.05, 3.63) is 0 Å². The molecule has 0 aromatic rings. The maximum atomic E-state index is 5.67. The summed E-state index contributed by atoms with van der Waals surface area (Å²) in [4.78, 5) is 0. The minimum atomic E-state index is -0.868. The summed E-state index contributed by atoms with van der Waals surface area (Å²) in [5.74, 6) is 0. The average Bonchev–Trinajstić information content (AvgIpc) is 1.65. The first-order valence-corrected chi connectivity index (χ1v) is 5.67. The number of rotatable bonds is 0. The van der Waals surface area contributed by atoms with Crippen molar-refractivity contribution >= 4 is 18.9 Å². The van der Waals surface area contributed by atoms with Gasteiger partial charge >= 0.3 is 46.8 Å². The first-order chi connectivity index (χ1) is 2.81. The van der Waals surface area contributed by atoms with Crippen LogP contribution in [0.1, 0.15) is 13.8 Å². The van der Waals surface area contributed by atoms with E-state index in [0.717, 1.165) is 0 Å². The Kier molecular flexibility index (Phi) is 4.25.